The summed E-state index contributed by atoms with van der Waals surface area (Å²) in [4.78, 5) is 43.7. The number of aliphatic carboxylic acids is 1. The topological polar surface area (TPSA) is 99.6 Å². The van der Waals surface area contributed by atoms with E-state index in [0.717, 1.165) is 16.3 Å². The number of ketones is 1. The van der Waals surface area contributed by atoms with E-state index in [4.69, 9.17) is 0 Å². The van der Waals surface area contributed by atoms with Gasteiger partial charge in [0.2, 0.25) is 0 Å². The Morgan fingerprint density at radius 3 is 2.43 bits per heavy atom. The molecule has 0 saturated heterocycles. The molecule has 1 aromatic heterocycles. The third-order valence-electron chi connectivity index (χ3n) is 6.68. The number of likely N-dealkylation sites (N-methyl/N-ethyl adjacent to an activating group) is 1. The maximum absolute atomic E-state index is 14.0. The largest absolute Gasteiger partial charge is 0.476 e. The van der Waals surface area contributed by atoms with Crippen LogP contribution in [0.4, 0.5) is 5.69 Å². The molecule has 2 unspecified atom stereocenters. The van der Waals surface area contributed by atoms with Crippen LogP contribution in [0.2, 0.25) is 0 Å². The van der Waals surface area contributed by atoms with E-state index >= 15 is 0 Å². The summed E-state index contributed by atoms with van der Waals surface area (Å²) < 4.78 is -0.277. The van der Waals surface area contributed by atoms with E-state index in [9.17, 15) is 19.5 Å². The van der Waals surface area contributed by atoms with Gasteiger partial charge in [-0.1, -0.05) is 54.6 Å². The number of nitrogens with zero attached hydrogens (tertiary/aromatic N) is 3. The van der Waals surface area contributed by atoms with Gasteiger partial charge >= 0.3 is 11.9 Å². The quantitative estimate of drug-likeness (QED) is 0.484. The number of amides is 1. The predicted octanol–water partition coefficient (Wildman–Crippen LogP) is 3.41. The summed E-state index contributed by atoms with van der Waals surface area (Å²) in [7, 11) is 1.70. The number of hydrogen-bond donors (Lipinski definition) is 2. The fourth-order valence-corrected chi connectivity index (χ4v) is 4.67. The molecule has 0 fully saturated rings. The Kier molecular flexibility index (Phi) is 6.66. The van der Waals surface area contributed by atoms with Gasteiger partial charge in [0.25, 0.3) is 0 Å². The van der Waals surface area contributed by atoms with Gasteiger partial charge in [-0.25, -0.2) is 14.6 Å². The SMILES string of the molecule is CC[N+]1(C)C(=O)C(Nc2cncc3ccccc23)C(C(C)=O)=C(C(=O)O)N1CCc1ccccc1. The van der Waals surface area contributed by atoms with Crippen LogP contribution in [0.5, 0.6) is 0 Å². The fourth-order valence-electron chi connectivity index (χ4n) is 4.67. The molecule has 2 atom stereocenters. The number of pyridine rings is 1. The van der Waals surface area contributed by atoms with E-state index in [2.05, 4.69) is 10.3 Å². The molecule has 2 aromatic carbocycles. The Morgan fingerprint density at radius 1 is 1.09 bits per heavy atom. The number of anilines is 1. The lowest BCUT2D eigenvalue weighted by molar-refractivity contribution is -0.945. The lowest BCUT2D eigenvalue weighted by atomic mass is 9.95. The zero-order valence-corrected chi connectivity index (χ0v) is 20.1. The third kappa shape index (κ3) is 4.40. The Hall–Kier alpha value is -4.04. The first-order chi connectivity index (χ1) is 16.8. The highest BCUT2D eigenvalue weighted by molar-refractivity contribution is 6.09. The van der Waals surface area contributed by atoms with Crippen LogP contribution in [-0.2, 0) is 20.8 Å². The third-order valence-corrected chi connectivity index (χ3v) is 6.68. The van der Waals surface area contributed by atoms with Crippen molar-refractivity contribution in [2.75, 3.05) is 25.5 Å². The summed E-state index contributed by atoms with van der Waals surface area (Å²) in [5.41, 5.74) is 1.37. The van der Waals surface area contributed by atoms with Gasteiger partial charge < -0.3 is 10.4 Å². The summed E-state index contributed by atoms with van der Waals surface area (Å²) in [6, 6.07) is 16.1. The highest BCUT2D eigenvalue weighted by Gasteiger charge is 2.53. The van der Waals surface area contributed by atoms with Crippen molar-refractivity contribution in [3.8, 4) is 0 Å². The number of Topliss-reactive ketones (excluding diaryl/α,β-unsaturated/α-hetero) is 1. The van der Waals surface area contributed by atoms with Crippen LogP contribution in [0.15, 0.2) is 78.3 Å². The molecule has 1 amide bonds. The van der Waals surface area contributed by atoms with E-state index in [0.29, 0.717) is 18.7 Å². The summed E-state index contributed by atoms with van der Waals surface area (Å²) in [5, 5.41) is 16.7. The summed E-state index contributed by atoms with van der Waals surface area (Å²) in [6.45, 7) is 3.73. The number of carboxylic acids is 1. The number of aromatic nitrogens is 1. The Balaban J connectivity index is 1.84. The van der Waals surface area contributed by atoms with Crippen molar-refractivity contribution in [2.24, 2.45) is 0 Å². The maximum atomic E-state index is 14.0. The number of carboxylic acid groups (broad SMARTS) is 1. The second-order valence-corrected chi connectivity index (χ2v) is 8.76. The minimum Gasteiger partial charge on any atom is -0.476 e. The molecule has 3 aromatic rings. The fraction of sp³-hybridized carbons (Fsp3) is 0.259. The highest BCUT2D eigenvalue weighted by Crippen LogP contribution is 2.33. The van der Waals surface area contributed by atoms with Gasteiger partial charge in [-0.15, -0.1) is 0 Å². The Bertz CT molecular complexity index is 1320. The standard InChI is InChI=1S/C27H28N4O4/c1-4-31(3)26(33)24(29-22-17-28-16-20-12-8-9-13-21(20)22)23(18(2)32)25(27(34)35)30(31)15-14-19-10-6-5-7-11-19/h5-13,16-17,24,29H,4,14-15H2,1-3H3/p+1. The molecule has 0 radical (unpaired) electrons. The summed E-state index contributed by atoms with van der Waals surface area (Å²) in [6.07, 6.45) is 3.83. The van der Waals surface area contributed by atoms with E-state index < -0.39 is 17.8 Å². The first-order valence-corrected chi connectivity index (χ1v) is 11.6. The lowest BCUT2D eigenvalue weighted by Crippen LogP contribution is -2.69. The average molecular weight is 474 g/mol. The number of benzene rings is 2. The molecule has 0 spiro atoms. The lowest BCUT2D eigenvalue weighted by Gasteiger charge is -2.47. The summed E-state index contributed by atoms with van der Waals surface area (Å²) in [5.74, 6) is -2.01. The second-order valence-electron chi connectivity index (χ2n) is 8.76. The van der Waals surface area contributed by atoms with Gasteiger partial charge in [-0.2, -0.15) is 4.59 Å². The number of hydrogen-bond acceptors (Lipinski definition) is 6. The van der Waals surface area contributed by atoms with E-state index in [1.807, 2.05) is 61.5 Å². The molecular weight excluding hydrogens is 444 g/mol. The number of fused-ring (bicyclic) bond motifs is 1. The Morgan fingerprint density at radius 2 is 1.77 bits per heavy atom. The normalized spacial score (nSPS) is 20.3. The van der Waals surface area contributed by atoms with E-state index in [1.165, 1.54) is 6.92 Å². The molecule has 8 heteroatoms. The minimum absolute atomic E-state index is 0.0486. The number of carbonyl (C=O) groups excluding carboxylic acids is 2. The van der Waals surface area contributed by atoms with E-state index in [1.54, 1.807) is 24.5 Å². The van der Waals surface area contributed by atoms with Gasteiger partial charge in [0.1, 0.15) is 6.54 Å². The van der Waals surface area contributed by atoms with Crippen molar-refractivity contribution in [1.82, 2.24) is 9.99 Å². The maximum Gasteiger partial charge on any atom is 0.364 e. The van der Waals surface area contributed by atoms with Gasteiger partial charge in [0.15, 0.2) is 17.5 Å². The molecule has 35 heavy (non-hydrogen) atoms. The molecule has 0 saturated carbocycles. The zero-order chi connectivity index (χ0) is 25.2. The van der Waals surface area contributed by atoms with Crippen LogP contribution < -0.4 is 5.32 Å². The number of quaternary nitrogens is 1. The molecule has 1 aliphatic heterocycles. The Labute approximate surface area is 204 Å². The molecular formula is C27H29N4O4+. The van der Waals surface area contributed by atoms with Crippen molar-refractivity contribution in [1.29, 1.82) is 0 Å². The molecule has 8 nitrogen and oxygen atoms in total. The molecule has 0 bridgehead atoms. The molecule has 180 valence electrons. The first-order valence-electron chi connectivity index (χ1n) is 11.6. The number of nitrogens with one attached hydrogen (secondary N) is 1. The number of rotatable bonds is 8. The first kappa shape index (κ1) is 24.1. The molecule has 1 aliphatic rings. The zero-order valence-electron chi connectivity index (χ0n) is 20.1. The average Bonchev–Trinajstić information content (AvgIpc) is 2.86. The van der Waals surface area contributed by atoms with Crippen LogP contribution in [0, 0.1) is 0 Å². The van der Waals surface area contributed by atoms with Crippen molar-refractivity contribution >= 4 is 34.1 Å². The van der Waals surface area contributed by atoms with Gasteiger partial charge in [0, 0.05) is 17.0 Å². The van der Waals surface area contributed by atoms with Gasteiger partial charge in [0.05, 0.1) is 31.0 Å². The van der Waals surface area contributed by atoms with Crippen LogP contribution in [-0.4, -0.2) is 63.5 Å². The van der Waals surface area contributed by atoms with Crippen LogP contribution in [0.1, 0.15) is 19.4 Å². The van der Waals surface area contributed by atoms with Gasteiger partial charge in [-0.05, 0) is 25.8 Å². The monoisotopic (exact) mass is 473 g/mol. The van der Waals surface area contributed by atoms with Crippen LogP contribution in [0.3, 0.4) is 0 Å². The van der Waals surface area contributed by atoms with Crippen molar-refractivity contribution in [3.05, 3.63) is 83.8 Å². The van der Waals surface area contributed by atoms with Crippen LogP contribution in [0.25, 0.3) is 10.8 Å². The van der Waals surface area contributed by atoms with Crippen molar-refractivity contribution < 1.29 is 24.1 Å². The van der Waals surface area contributed by atoms with E-state index in [-0.39, 0.29) is 28.3 Å². The van der Waals surface area contributed by atoms with Crippen molar-refractivity contribution in [3.63, 3.8) is 0 Å². The van der Waals surface area contributed by atoms with Gasteiger partial charge in [-0.3, -0.25) is 9.78 Å². The predicted molar refractivity (Wildman–Crippen MR) is 133 cm³/mol. The second kappa shape index (κ2) is 9.68. The smallest absolute Gasteiger partial charge is 0.364 e. The minimum atomic E-state index is -1.24. The highest BCUT2D eigenvalue weighted by atomic mass is 16.4. The molecule has 4 rings (SSSR count). The van der Waals surface area contributed by atoms with Crippen LogP contribution >= 0.6 is 0 Å². The molecule has 0 aliphatic carbocycles. The number of carbonyl (C=O) groups is 3. The summed E-state index contributed by atoms with van der Waals surface area (Å²) >= 11 is 0. The van der Waals surface area contributed by atoms with Crippen molar-refractivity contribution in [2.45, 2.75) is 26.3 Å². The molecule has 2 N–H and O–H groups in total. The molecule has 2 heterocycles.